The van der Waals surface area contributed by atoms with Crippen molar-refractivity contribution < 1.29 is 14.6 Å². The summed E-state index contributed by atoms with van der Waals surface area (Å²) in [5, 5.41) is 9.19. The number of methoxy groups -OCH3 is 1. The van der Waals surface area contributed by atoms with Gasteiger partial charge in [0.25, 0.3) is 0 Å². The van der Waals surface area contributed by atoms with E-state index in [2.05, 4.69) is 0 Å². The van der Waals surface area contributed by atoms with E-state index in [9.17, 15) is 9.90 Å². The number of benzene rings is 1. The van der Waals surface area contributed by atoms with Crippen molar-refractivity contribution in [1.29, 1.82) is 0 Å². The molecule has 0 fully saturated rings. The Bertz CT molecular complexity index is 436. The van der Waals surface area contributed by atoms with Gasteiger partial charge in [-0.2, -0.15) is 0 Å². The minimum absolute atomic E-state index is 0.412. The van der Waals surface area contributed by atoms with E-state index in [0.29, 0.717) is 18.8 Å². The molecule has 0 aromatic heterocycles. The molecule has 1 aromatic rings. The first-order valence-electron chi connectivity index (χ1n) is 5.39. The van der Waals surface area contributed by atoms with Crippen molar-refractivity contribution in [2.75, 3.05) is 24.4 Å². The van der Waals surface area contributed by atoms with Gasteiger partial charge in [0.15, 0.2) is 0 Å². The smallest absolute Gasteiger partial charge is 0.326 e. The molecule has 1 aliphatic rings. The van der Waals surface area contributed by atoms with E-state index < -0.39 is 12.0 Å². The fourth-order valence-electron chi connectivity index (χ4n) is 2.21. The van der Waals surface area contributed by atoms with Crippen LogP contribution in [0.5, 0.6) is 5.75 Å². The molecule has 0 saturated heterocycles. The van der Waals surface area contributed by atoms with Crippen LogP contribution in [0.25, 0.3) is 0 Å². The molecule has 1 heterocycles. The van der Waals surface area contributed by atoms with Crippen LogP contribution in [0.1, 0.15) is 5.56 Å². The van der Waals surface area contributed by atoms with Gasteiger partial charge in [-0.05, 0) is 23.8 Å². The highest BCUT2D eigenvalue weighted by atomic mass is 35.5. The number of ether oxygens (including phenoxy) is 1. The van der Waals surface area contributed by atoms with Gasteiger partial charge in [0.05, 0.1) is 7.11 Å². The number of fused-ring (bicyclic) bond motifs is 1. The Hall–Kier alpha value is -1.42. The molecule has 1 atom stereocenters. The molecule has 1 unspecified atom stereocenters. The third-order valence-corrected chi connectivity index (χ3v) is 3.17. The van der Waals surface area contributed by atoms with Crippen molar-refractivity contribution in [1.82, 2.24) is 0 Å². The normalized spacial score (nSPS) is 18.0. The molecule has 0 radical (unpaired) electrons. The lowest BCUT2D eigenvalue weighted by Gasteiger charge is -2.23. The maximum absolute atomic E-state index is 11.2. The number of hydrogen-bond donors (Lipinski definition) is 1. The Morgan fingerprint density at radius 1 is 1.65 bits per heavy atom. The average Bonchev–Trinajstić information content (AvgIpc) is 2.68. The van der Waals surface area contributed by atoms with Crippen molar-refractivity contribution in [3.63, 3.8) is 0 Å². The molecule has 2 rings (SSSR count). The van der Waals surface area contributed by atoms with Crippen molar-refractivity contribution in [3.8, 4) is 5.75 Å². The number of carboxylic acid groups (broad SMARTS) is 1. The highest BCUT2D eigenvalue weighted by Gasteiger charge is 2.34. The number of aliphatic carboxylic acids is 1. The molecule has 92 valence electrons. The molecule has 1 aromatic carbocycles. The summed E-state index contributed by atoms with van der Waals surface area (Å²) in [6, 6.07) is 5.10. The van der Waals surface area contributed by atoms with E-state index in [1.165, 1.54) is 0 Å². The van der Waals surface area contributed by atoms with E-state index in [1.807, 2.05) is 23.1 Å². The zero-order valence-electron chi connectivity index (χ0n) is 9.52. The standard InChI is InChI=1S/C12H14ClNO3/c1-17-9-2-3-10-8(6-9)7-11(12(15)16)14(10)5-4-13/h2-3,6,11H,4-5,7H2,1H3,(H,15,16). The second-order valence-corrected chi connectivity index (χ2v) is 4.31. The average molecular weight is 256 g/mol. The molecule has 0 amide bonds. The molecule has 1 aliphatic heterocycles. The predicted molar refractivity (Wildman–Crippen MR) is 66.2 cm³/mol. The van der Waals surface area contributed by atoms with Crippen LogP contribution >= 0.6 is 11.6 Å². The second-order valence-electron chi connectivity index (χ2n) is 3.94. The topological polar surface area (TPSA) is 49.8 Å². The monoisotopic (exact) mass is 255 g/mol. The first-order valence-corrected chi connectivity index (χ1v) is 5.93. The van der Waals surface area contributed by atoms with Crippen LogP contribution in [0.4, 0.5) is 5.69 Å². The molecule has 0 bridgehead atoms. The predicted octanol–water partition coefficient (Wildman–Crippen LogP) is 1.75. The molecular weight excluding hydrogens is 242 g/mol. The Morgan fingerprint density at radius 2 is 2.41 bits per heavy atom. The summed E-state index contributed by atoms with van der Waals surface area (Å²) in [4.78, 5) is 13.0. The molecular formula is C12H14ClNO3. The highest BCUT2D eigenvalue weighted by molar-refractivity contribution is 6.18. The third-order valence-electron chi connectivity index (χ3n) is 3.00. The molecule has 1 N–H and O–H groups in total. The molecule has 4 nitrogen and oxygen atoms in total. The van der Waals surface area contributed by atoms with Crippen LogP contribution in [-0.2, 0) is 11.2 Å². The van der Waals surface area contributed by atoms with Gasteiger partial charge in [0, 0.05) is 24.5 Å². The van der Waals surface area contributed by atoms with Gasteiger partial charge in [0.2, 0.25) is 0 Å². The minimum Gasteiger partial charge on any atom is -0.497 e. The Labute approximate surface area is 105 Å². The van der Waals surface area contributed by atoms with Gasteiger partial charge in [-0.3, -0.25) is 0 Å². The van der Waals surface area contributed by atoms with Gasteiger partial charge in [-0.15, -0.1) is 11.6 Å². The first-order chi connectivity index (χ1) is 8.17. The van der Waals surface area contributed by atoms with E-state index in [0.717, 1.165) is 17.0 Å². The lowest BCUT2D eigenvalue weighted by molar-refractivity contribution is -0.138. The first kappa shape index (κ1) is 12.0. The summed E-state index contributed by atoms with van der Waals surface area (Å²) in [6.07, 6.45) is 0.499. The number of halogens is 1. The van der Waals surface area contributed by atoms with Gasteiger partial charge in [0.1, 0.15) is 11.8 Å². The van der Waals surface area contributed by atoms with Crippen LogP contribution in [0.15, 0.2) is 18.2 Å². The van der Waals surface area contributed by atoms with E-state index in [-0.39, 0.29) is 0 Å². The maximum atomic E-state index is 11.2. The van der Waals surface area contributed by atoms with Gasteiger partial charge >= 0.3 is 5.97 Å². The number of carboxylic acids is 1. The quantitative estimate of drug-likeness (QED) is 0.833. The zero-order chi connectivity index (χ0) is 12.4. The number of anilines is 1. The molecule has 0 spiro atoms. The summed E-state index contributed by atoms with van der Waals surface area (Å²) in [5.74, 6) is 0.348. The van der Waals surface area contributed by atoms with E-state index >= 15 is 0 Å². The van der Waals surface area contributed by atoms with Crippen LogP contribution in [0.2, 0.25) is 0 Å². The SMILES string of the molecule is COc1ccc2c(c1)CC(C(=O)O)N2CCCl. The van der Waals surface area contributed by atoms with Gasteiger partial charge < -0.3 is 14.7 Å². The largest absolute Gasteiger partial charge is 0.497 e. The fourth-order valence-corrected chi connectivity index (χ4v) is 2.39. The van der Waals surface area contributed by atoms with Crippen LogP contribution in [0, 0.1) is 0 Å². The van der Waals surface area contributed by atoms with E-state index in [1.54, 1.807) is 7.11 Å². The molecule has 17 heavy (non-hydrogen) atoms. The number of alkyl halides is 1. The van der Waals surface area contributed by atoms with Crippen molar-refractivity contribution in [3.05, 3.63) is 23.8 Å². The van der Waals surface area contributed by atoms with Gasteiger partial charge in [-0.25, -0.2) is 4.79 Å². The summed E-state index contributed by atoms with van der Waals surface area (Å²) >= 11 is 5.72. The summed E-state index contributed by atoms with van der Waals surface area (Å²) < 4.78 is 5.14. The highest BCUT2D eigenvalue weighted by Crippen LogP contribution is 2.34. The number of rotatable bonds is 4. The van der Waals surface area contributed by atoms with Crippen LogP contribution < -0.4 is 9.64 Å². The number of hydrogen-bond acceptors (Lipinski definition) is 3. The Balaban J connectivity index is 2.35. The fraction of sp³-hybridized carbons (Fsp3) is 0.417. The summed E-state index contributed by atoms with van der Waals surface area (Å²) in [6.45, 7) is 0.540. The van der Waals surface area contributed by atoms with Crippen LogP contribution in [-0.4, -0.2) is 36.7 Å². The third kappa shape index (κ3) is 2.17. The van der Waals surface area contributed by atoms with Crippen molar-refractivity contribution >= 4 is 23.3 Å². The second kappa shape index (κ2) is 4.84. The maximum Gasteiger partial charge on any atom is 0.326 e. The van der Waals surface area contributed by atoms with Gasteiger partial charge in [-0.1, -0.05) is 0 Å². The zero-order valence-corrected chi connectivity index (χ0v) is 10.3. The Morgan fingerprint density at radius 3 is 3.00 bits per heavy atom. The van der Waals surface area contributed by atoms with E-state index in [4.69, 9.17) is 16.3 Å². The summed E-state index contributed by atoms with van der Waals surface area (Å²) in [5.41, 5.74) is 1.95. The summed E-state index contributed by atoms with van der Waals surface area (Å²) in [7, 11) is 1.60. The lowest BCUT2D eigenvalue weighted by Crippen LogP contribution is -2.39. The van der Waals surface area contributed by atoms with Crippen molar-refractivity contribution in [2.24, 2.45) is 0 Å². The minimum atomic E-state index is -0.815. The molecule has 5 heteroatoms. The molecule has 0 aliphatic carbocycles. The number of carbonyl (C=O) groups is 1. The Kier molecular flexibility index (Phi) is 3.43. The number of nitrogens with zero attached hydrogens (tertiary/aromatic N) is 1. The van der Waals surface area contributed by atoms with Crippen molar-refractivity contribution in [2.45, 2.75) is 12.5 Å². The van der Waals surface area contributed by atoms with Crippen LogP contribution in [0.3, 0.4) is 0 Å². The molecule has 0 saturated carbocycles. The lowest BCUT2D eigenvalue weighted by atomic mass is 10.1.